The van der Waals surface area contributed by atoms with Gasteiger partial charge in [0, 0.05) is 12.2 Å². The summed E-state index contributed by atoms with van der Waals surface area (Å²) in [6.45, 7) is 9.98. The number of anilines is 2. The van der Waals surface area contributed by atoms with Crippen molar-refractivity contribution in [3.63, 3.8) is 0 Å². The minimum atomic E-state index is -0.282. The van der Waals surface area contributed by atoms with Crippen molar-refractivity contribution in [3.05, 3.63) is 59.7 Å². The summed E-state index contributed by atoms with van der Waals surface area (Å²) in [5.41, 5.74) is 4.16. The van der Waals surface area contributed by atoms with Crippen LogP contribution in [0.15, 0.2) is 48.6 Å². The second kappa shape index (κ2) is 8.17. The van der Waals surface area contributed by atoms with Gasteiger partial charge in [-0.1, -0.05) is 24.3 Å². The maximum Gasteiger partial charge on any atom is 0.265 e. The molecule has 0 saturated carbocycles. The van der Waals surface area contributed by atoms with Gasteiger partial charge in [-0.2, -0.15) is 0 Å². The number of fused-ring (bicyclic) bond motifs is 1. The first-order valence-electron chi connectivity index (χ1n) is 9.05. The molecular weight excluding hydrogens is 356 g/mol. The van der Waals surface area contributed by atoms with Crippen molar-refractivity contribution in [2.75, 3.05) is 30.0 Å². The molecule has 0 radical (unpaired) electrons. The van der Waals surface area contributed by atoms with Crippen LogP contribution in [0.2, 0.25) is 0 Å². The van der Waals surface area contributed by atoms with E-state index in [1.807, 2.05) is 39.0 Å². The Morgan fingerprint density at radius 1 is 1.29 bits per heavy atom. The van der Waals surface area contributed by atoms with Gasteiger partial charge in [-0.25, -0.2) is 0 Å². The van der Waals surface area contributed by atoms with Crippen LogP contribution in [0.5, 0.6) is 11.5 Å². The van der Waals surface area contributed by atoms with E-state index in [1.54, 1.807) is 23.1 Å². The normalized spacial score (nSPS) is 12.8. The number of benzene rings is 2. The summed E-state index contributed by atoms with van der Waals surface area (Å²) >= 11 is 0. The standard InChI is InChI=1S/C22H24N2O4/c1-14(2)11-24-18-10-17(8-9-20(18)28-13-22(24)26)23-21(25)12-27-19-7-5-6-15(3)16(19)4/h5-10H,1,11-13H2,2-4H3,(H,23,25). The average molecular weight is 380 g/mol. The predicted octanol–water partition coefficient (Wildman–Crippen LogP) is 3.62. The summed E-state index contributed by atoms with van der Waals surface area (Å²) in [5.74, 6) is 0.866. The number of rotatable bonds is 6. The molecular formula is C22H24N2O4. The Kier molecular flexibility index (Phi) is 5.68. The van der Waals surface area contributed by atoms with Crippen LogP contribution in [-0.2, 0) is 9.59 Å². The zero-order valence-electron chi connectivity index (χ0n) is 16.4. The summed E-state index contributed by atoms with van der Waals surface area (Å²) in [6, 6.07) is 10.9. The van der Waals surface area contributed by atoms with Crippen LogP contribution in [0.3, 0.4) is 0 Å². The van der Waals surface area contributed by atoms with Gasteiger partial charge in [0.25, 0.3) is 11.8 Å². The average Bonchev–Trinajstić information content (AvgIpc) is 2.65. The topological polar surface area (TPSA) is 67.9 Å². The molecule has 6 nitrogen and oxygen atoms in total. The molecule has 146 valence electrons. The lowest BCUT2D eigenvalue weighted by molar-refractivity contribution is -0.121. The molecule has 1 aliphatic rings. The monoisotopic (exact) mass is 380 g/mol. The third-order valence-corrected chi connectivity index (χ3v) is 4.53. The van der Waals surface area contributed by atoms with Crippen molar-refractivity contribution < 1.29 is 19.1 Å². The number of aryl methyl sites for hydroxylation is 1. The van der Waals surface area contributed by atoms with Crippen LogP contribution < -0.4 is 19.7 Å². The zero-order chi connectivity index (χ0) is 20.3. The maximum absolute atomic E-state index is 12.3. The highest BCUT2D eigenvalue weighted by atomic mass is 16.5. The van der Waals surface area contributed by atoms with Crippen molar-refractivity contribution in [3.8, 4) is 11.5 Å². The first kappa shape index (κ1) is 19.5. The van der Waals surface area contributed by atoms with Gasteiger partial charge < -0.3 is 19.7 Å². The van der Waals surface area contributed by atoms with E-state index < -0.39 is 0 Å². The Balaban J connectivity index is 1.70. The van der Waals surface area contributed by atoms with E-state index in [9.17, 15) is 9.59 Å². The van der Waals surface area contributed by atoms with Gasteiger partial charge in [0.15, 0.2) is 13.2 Å². The van der Waals surface area contributed by atoms with Gasteiger partial charge in [-0.15, -0.1) is 0 Å². The van der Waals surface area contributed by atoms with Crippen LogP contribution in [0.4, 0.5) is 11.4 Å². The van der Waals surface area contributed by atoms with Gasteiger partial charge >= 0.3 is 0 Å². The van der Waals surface area contributed by atoms with Crippen molar-refractivity contribution in [2.45, 2.75) is 20.8 Å². The zero-order valence-corrected chi connectivity index (χ0v) is 16.4. The number of amides is 2. The highest BCUT2D eigenvalue weighted by molar-refractivity contribution is 6.00. The third kappa shape index (κ3) is 4.34. The number of ether oxygens (including phenoxy) is 2. The molecule has 0 fully saturated rings. The molecule has 1 N–H and O–H groups in total. The number of nitrogens with zero attached hydrogens (tertiary/aromatic N) is 1. The van der Waals surface area contributed by atoms with Gasteiger partial charge in [-0.05, 0) is 56.2 Å². The fourth-order valence-corrected chi connectivity index (χ4v) is 2.94. The van der Waals surface area contributed by atoms with Crippen molar-refractivity contribution >= 4 is 23.2 Å². The summed E-state index contributed by atoms with van der Waals surface area (Å²) in [5, 5.41) is 2.81. The van der Waals surface area contributed by atoms with E-state index in [2.05, 4.69) is 11.9 Å². The van der Waals surface area contributed by atoms with Crippen molar-refractivity contribution in [2.24, 2.45) is 0 Å². The van der Waals surface area contributed by atoms with Crippen LogP contribution >= 0.6 is 0 Å². The second-order valence-electron chi connectivity index (χ2n) is 6.94. The van der Waals surface area contributed by atoms with E-state index in [1.165, 1.54) is 0 Å². The maximum atomic E-state index is 12.3. The molecule has 1 heterocycles. The molecule has 2 aromatic carbocycles. The molecule has 2 aromatic rings. The number of carbonyl (C=O) groups is 2. The molecule has 2 amide bonds. The Hall–Kier alpha value is -3.28. The van der Waals surface area contributed by atoms with Crippen LogP contribution in [0.25, 0.3) is 0 Å². The molecule has 3 rings (SSSR count). The fourth-order valence-electron chi connectivity index (χ4n) is 2.94. The van der Waals surface area contributed by atoms with E-state index >= 15 is 0 Å². The molecule has 0 atom stereocenters. The number of hydrogen-bond acceptors (Lipinski definition) is 4. The molecule has 0 bridgehead atoms. The third-order valence-electron chi connectivity index (χ3n) is 4.53. The Bertz CT molecular complexity index is 936. The molecule has 0 aliphatic carbocycles. The molecule has 0 saturated heterocycles. The van der Waals surface area contributed by atoms with E-state index in [-0.39, 0.29) is 25.0 Å². The van der Waals surface area contributed by atoms with Gasteiger partial charge in [0.2, 0.25) is 0 Å². The number of carbonyl (C=O) groups excluding carboxylic acids is 2. The van der Waals surface area contributed by atoms with Crippen molar-refractivity contribution in [1.82, 2.24) is 0 Å². The summed E-state index contributed by atoms with van der Waals surface area (Å²) in [4.78, 5) is 26.1. The molecule has 0 aromatic heterocycles. The minimum absolute atomic E-state index is 0.00430. The summed E-state index contributed by atoms with van der Waals surface area (Å²) < 4.78 is 11.1. The highest BCUT2D eigenvalue weighted by Gasteiger charge is 2.25. The van der Waals surface area contributed by atoms with Gasteiger partial charge in [0.1, 0.15) is 11.5 Å². The van der Waals surface area contributed by atoms with Crippen LogP contribution in [0.1, 0.15) is 18.1 Å². The Labute approximate surface area is 164 Å². The fraction of sp³-hybridized carbons (Fsp3) is 0.273. The van der Waals surface area contributed by atoms with Crippen LogP contribution in [0, 0.1) is 13.8 Å². The van der Waals surface area contributed by atoms with Crippen molar-refractivity contribution in [1.29, 1.82) is 0 Å². The number of nitrogens with one attached hydrogen (secondary N) is 1. The SMILES string of the molecule is C=C(C)CN1C(=O)COc2ccc(NC(=O)COc3cccc(C)c3C)cc21. The molecule has 0 unspecified atom stereocenters. The van der Waals surface area contributed by atoms with Gasteiger partial charge in [-0.3, -0.25) is 9.59 Å². The molecule has 0 spiro atoms. The first-order chi connectivity index (χ1) is 13.3. The summed E-state index contributed by atoms with van der Waals surface area (Å²) in [6.07, 6.45) is 0. The lowest BCUT2D eigenvalue weighted by atomic mass is 10.1. The Morgan fingerprint density at radius 2 is 2.07 bits per heavy atom. The number of hydrogen-bond donors (Lipinski definition) is 1. The first-order valence-corrected chi connectivity index (χ1v) is 9.05. The van der Waals surface area contributed by atoms with E-state index in [4.69, 9.17) is 9.47 Å². The quantitative estimate of drug-likeness (QED) is 0.777. The van der Waals surface area contributed by atoms with Crippen LogP contribution in [-0.4, -0.2) is 31.6 Å². The molecule has 6 heteroatoms. The lowest BCUT2D eigenvalue weighted by Gasteiger charge is -2.30. The minimum Gasteiger partial charge on any atom is -0.483 e. The molecule has 28 heavy (non-hydrogen) atoms. The lowest BCUT2D eigenvalue weighted by Crippen LogP contribution is -2.39. The van der Waals surface area contributed by atoms with Gasteiger partial charge in [0.05, 0.1) is 5.69 Å². The largest absolute Gasteiger partial charge is 0.483 e. The Morgan fingerprint density at radius 3 is 2.82 bits per heavy atom. The smallest absolute Gasteiger partial charge is 0.265 e. The van der Waals surface area contributed by atoms with E-state index in [0.29, 0.717) is 29.4 Å². The highest BCUT2D eigenvalue weighted by Crippen LogP contribution is 2.35. The summed E-state index contributed by atoms with van der Waals surface area (Å²) in [7, 11) is 0. The predicted molar refractivity (Wildman–Crippen MR) is 109 cm³/mol. The van der Waals surface area contributed by atoms with E-state index in [0.717, 1.165) is 16.7 Å². The molecule has 1 aliphatic heterocycles. The second-order valence-corrected chi connectivity index (χ2v) is 6.94.